The van der Waals surface area contributed by atoms with Gasteiger partial charge in [0.05, 0.1) is 22.2 Å². The summed E-state index contributed by atoms with van der Waals surface area (Å²) in [4.78, 5) is 2.40. The highest BCUT2D eigenvalue weighted by Crippen LogP contribution is 2.58. The van der Waals surface area contributed by atoms with Crippen molar-refractivity contribution < 1.29 is 8.83 Å². The number of nitrogens with zero attached hydrogens (tertiary/aromatic N) is 1. The number of benzene rings is 11. The molecule has 1 aliphatic rings. The molecule has 11 aromatic carbocycles. The molecule has 2 heterocycles. The van der Waals surface area contributed by atoms with Crippen molar-refractivity contribution in [2.45, 2.75) is 5.41 Å². The number of hydrogen-bond acceptors (Lipinski definition) is 3. The lowest BCUT2D eigenvalue weighted by Crippen LogP contribution is -2.28. The van der Waals surface area contributed by atoms with Crippen LogP contribution in [0.2, 0.25) is 0 Å². The second-order valence-corrected chi connectivity index (χ2v) is 17.9. The fraction of sp³-hybridized carbons (Fsp3) is 0.0154. The van der Waals surface area contributed by atoms with Crippen LogP contribution in [0.1, 0.15) is 22.3 Å². The normalized spacial score (nSPS) is 12.8. The molecular formula is C65H41NO2. The van der Waals surface area contributed by atoms with Gasteiger partial charge in [-0.15, -0.1) is 0 Å². The van der Waals surface area contributed by atoms with Crippen LogP contribution in [0.5, 0.6) is 0 Å². The quantitative estimate of drug-likeness (QED) is 0.160. The van der Waals surface area contributed by atoms with Gasteiger partial charge in [-0.1, -0.05) is 200 Å². The highest BCUT2D eigenvalue weighted by atomic mass is 16.3. The molecule has 0 aliphatic heterocycles. The van der Waals surface area contributed by atoms with Crippen LogP contribution in [0, 0.1) is 0 Å². The summed E-state index contributed by atoms with van der Waals surface area (Å²) >= 11 is 0. The number of fused-ring (bicyclic) bond motifs is 10. The smallest absolute Gasteiger partial charge is 0.144 e. The summed E-state index contributed by atoms with van der Waals surface area (Å²) in [7, 11) is 0. The van der Waals surface area contributed by atoms with Crippen LogP contribution in [0.25, 0.3) is 88.0 Å². The van der Waals surface area contributed by atoms with Gasteiger partial charge in [0.15, 0.2) is 0 Å². The standard InChI is InChI=1S/C65H41NO2/c1-4-18-42(19-5-1)43-34-37-48(38-35-43)66(56-30-16-21-44-20-10-11-26-49(44)56)57-31-17-33-59-62(57)53-41-60-63(52-28-13-15-32-58(52)67-60)61(64(53)68-59)45-36-39-51-50-27-12-14-29-54(50)65(55(51)40-45,46-22-6-2-7-23-46)47-24-8-3-9-25-47/h1-41H. The maximum Gasteiger partial charge on any atom is 0.144 e. The van der Waals surface area contributed by atoms with Crippen molar-refractivity contribution in [1.82, 2.24) is 0 Å². The van der Waals surface area contributed by atoms with Gasteiger partial charge in [0.1, 0.15) is 22.3 Å². The zero-order valence-corrected chi connectivity index (χ0v) is 36.9. The van der Waals surface area contributed by atoms with E-state index in [4.69, 9.17) is 8.83 Å². The lowest BCUT2D eigenvalue weighted by atomic mass is 9.67. The van der Waals surface area contributed by atoms with E-state index in [-0.39, 0.29) is 0 Å². The summed E-state index contributed by atoms with van der Waals surface area (Å²) in [5.41, 5.74) is 17.7. The Balaban J connectivity index is 1.07. The third-order valence-corrected chi connectivity index (χ3v) is 14.3. The van der Waals surface area contributed by atoms with Crippen molar-refractivity contribution in [3.8, 4) is 33.4 Å². The molecule has 68 heavy (non-hydrogen) atoms. The van der Waals surface area contributed by atoms with Gasteiger partial charge >= 0.3 is 0 Å². The lowest BCUT2D eigenvalue weighted by molar-refractivity contribution is 0.664. The summed E-state index contributed by atoms with van der Waals surface area (Å²) in [5, 5.41) is 6.43. The molecule has 0 saturated heterocycles. The first-order valence-corrected chi connectivity index (χ1v) is 23.3. The SMILES string of the molecule is c1ccc(-c2ccc(N(c3cccc4ccccc34)c3cccc4oc5c(-c6ccc7c(c6)C(c6ccccc6)(c6ccccc6)c6ccccc6-7)c6c(cc5c34)oc3ccccc36)cc2)cc1. The first-order valence-electron chi connectivity index (χ1n) is 23.3. The molecule has 318 valence electrons. The van der Waals surface area contributed by atoms with E-state index >= 15 is 0 Å². The monoisotopic (exact) mass is 867 g/mol. The Bertz CT molecular complexity index is 4030. The van der Waals surface area contributed by atoms with Gasteiger partial charge in [0.25, 0.3) is 0 Å². The Hall–Kier alpha value is -8.92. The summed E-state index contributed by atoms with van der Waals surface area (Å²) < 4.78 is 14.2. The van der Waals surface area contributed by atoms with E-state index in [1.54, 1.807) is 0 Å². The number of anilines is 3. The lowest BCUT2D eigenvalue weighted by Gasteiger charge is -2.34. The minimum atomic E-state index is -0.563. The highest BCUT2D eigenvalue weighted by Gasteiger charge is 2.46. The van der Waals surface area contributed by atoms with Crippen molar-refractivity contribution in [1.29, 1.82) is 0 Å². The topological polar surface area (TPSA) is 29.5 Å². The molecule has 13 aromatic rings. The van der Waals surface area contributed by atoms with Crippen molar-refractivity contribution in [3.63, 3.8) is 0 Å². The van der Waals surface area contributed by atoms with Crippen molar-refractivity contribution in [2.75, 3.05) is 4.90 Å². The van der Waals surface area contributed by atoms with E-state index < -0.39 is 5.41 Å². The fourth-order valence-electron chi connectivity index (χ4n) is 11.5. The van der Waals surface area contributed by atoms with Crippen molar-refractivity contribution in [3.05, 3.63) is 271 Å². The Kier molecular flexibility index (Phi) is 8.50. The minimum absolute atomic E-state index is 0.563. The largest absolute Gasteiger partial charge is 0.456 e. The van der Waals surface area contributed by atoms with Crippen LogP contribution in [0.3, 0.4) is 0 Å². The molecule has 3 nitrogen and oxygen atoms in total. The van der Waals surface area contributed by atoms with Gasteiger partial charge in [-0.3, -0.25) is 0 Å². The van der Waals surface area contributed by atoms with Gasteiger partial charge in [-0.25, -0.2) is 0 Å². The molecule has 0 spiro atoms. The van der Waals surface area contributed by atoms with Crippen LogP contribution in [0.4, 0.5) is 17.1 Å². The number of rotatable bonds is 7. The van der Waals surface area contributed by atoms with Crippen LogP contribution < -0.4 is 4.90 Å². The predicted octanol–water partition coefficient (Wildman–Crippen LogP) is 17.8. The Morgan fingerprint density at radius 1 is 0.338 bits per heavy atom. The molecular weight excluding hydrogens is 827 g/mol. The van der Waals surface area contributed by atoms with E-state index in [9.17, 15) is 0 Å². The molecule has 0 amide bonds. The van der Waals surface area contributed by atoms with Gasteiger partial charge in [-0.05, 0) is 104 Å². The average Bonchev–Trinajstić information content (AvgIpc) is 4.07. The Labute approximate surface area is 393 Å². The first kappa shape index (κ1) is 38.4. The molecule has 3 heteroatoms. The molecule has 14 rings (SSSR count). The molecule has 0 saturated carbocycles. The first-order chi connectivity index (χ1) is 33.7. The number of hydrogen-bond donors (Lipinski definition) is 0. The van der Waals surface area contributed by atoms with Gasteiger partial charge in [0, 0.05) is 32.8 Å². The zero-order valence-electron chi connectivity index (χ0n) is 36.9. The molecule has 1 aliphatic carbocycles. The Morgan fingerprint density at radius 3 is 1.72 bits per heavy atom. The third kappa shape index (κ3) is 5.60. The summed E-state index contributed by atoms with van der Waals surface area (Å²) in [6.45, 7) is 0. The van der Waals surface area contributed by atoms with E-state index in [1.165, 1.54) is 44.3 Å². The molecule has 2 aromatic heterocycles. The molecule has 0 atom stereocenters. The summed E-state index contributed by atoms with van der Waals surface area (Å²) in [6.07, 6.45) is 0. The third-order valence-electron chi connectivity index (χ3n) is 14.3. The van der Waals surface area contributed by atoms with Crippen molar-refractivity contribution in [2.24, 2.45) is 0 Å². The minimum Gasteiger partial charge on any atom is -0.456 e. The maximum atomic E-state index is 7.33. The molecule has 0 N–H and O–H groups in total. The molecule has 0 unspecified atom stereocenters. The van der Waals surface area contributed by atoms with E-state index in [0.29, 0.717) is 0 Å². The second kappa shape index (κ2) is 15.1. The predicted molar refractivity (Wildman–Crippen MR) is 281 cm³/mol. The fourth-order valence-corrected chi connectivity index (χ4v) is 11.5. The number of para-hydroxylation sites is 1. The number of furan rings is 2. The van der Waals surface area contributed by atoms with E-state index in [0.717, 1.165) is 83.0 Å². The van der Waals surface area contributed by atoms with Crippen LogP contribution in [-0.2, 0) is 5.41 Å². The maximum absolute atomic E-state index is 7.33. The summed E-state index contributed by atoms with van der Waals surface area (Å²) in [6, 6.07) is 89.8. The van der Waals surface area contributed by atoms with E-state index in [1.807, 2.05) is 6.07 Å². The zero-order chi connectivity index (χ0) is 44.8. The second-order valence-electron chi connectivity index (χ2n) is 17.9. The Morgan fingerprint density at radius 2 is 0.926 bits per heavy atom. The molecule has 0 bridgehead atoms. The highest BCUT2D eigenvalue weighted by molar-refractivity contribution is 6.26. The van der Waals surface area contributed by atoms with Gasteiger partial charge in [0.2, 0.25) is 0 Å². The van der Waals surface area contributed by atoms with Gasteiger partial charge < -0.3 is 13.7 Å². The van der Waals surface area contributed by atoms with Crippen molar-refractivity contribution >= 4 is 71.7 Å². The summed E-state index contributed by atoms with van der Waals surface area (Å²) in [5.74, 6) is 0. The van der Waals surface area contributed by atoms with E-state index in [2.05, 4.69) is 248 Å². The van der Waals surface area contributed by atoms with Gasteiger partial charge in [-0.2, -0.15) is 0 Å². The van der Waals surface area contributed by atoms with Crippen LogP contribution >= 0.6 is 0 Å². The molecule has 0 radical (unpaired) electrons. The van der Waals surface area contributed by atoms with Crippen LogP contribution in [-0.4, -0.2) is 0 Å². The average molecular weight is 868 g/mol. The van der Waals surface area contributed by atoms with Crippen LogP contribution in [0.15, 0.2) is 258 Å². The molecule has 0 fully saturated rings.